The Morgan fingerprint density at radius 2 is 1.48 bits per heavy atom. The standard InChI is InChI=1S/C26H23ClN2O2/c1-16-4-7-19(8-5-16)15-29-25(30)23(20-9-11-21(27)12-10-20)24(26(29)31)28-22-13-6-17(2)18(3)14-22/h4-14,28H,15H2,1-3H3. The van der Waals surface area contributed by atoms with Crippen LogP contribution < -0.4 is 5.32 Å². The summed E-state index contributed by atoms with van der Waals surface area (Å²) in [5.74, 6) is -0.659. The van der Waals surface area contributed by atoms with E-state index >= 15 is 0 Å². The van der Waals surface area contributed by atoms with Gasteiger partial charge in [0.2, 0.25) is 0 Å². The molecule has 0 spiro atoms. The summed E-state index contributed by atoms with van der Waals surface area (Å²) in [5.41, 5.74) is 6.34. The van der Waals surface area contributed by atoms with E-state index in [9.17, 15) is 9.59 Å². The first kappa shape index (κ1) is 20.9. The molecular weight excluding hydrogens is 408 g/mol. The van der Waals surface area contributed by atoms with Crippen molar-refractivity contribution in [2.75, 3.05) is 5.32 Å². The molecule has 1 aliphatic rings. The van der Waals surface area contributed by atoms with E-state index in [0.717, 1.165) is 27.9 Å². The lowest BCUT2D eigenvalue weighted by Gasteiger charge is -2.16. The van der Waals surface area contributed by atoms with Gasteiger partial charge in [-0.2, -0.15) is 0 Å². The second kappa shape index (κ2) is 8.40. The Morgan fingerprint density at radius 1 is 0.806 bits per heavy atom. The number of carbonyl (C=O) groups is 2. The number of nitrogens with zero attached hydrogens (tertiary/aromatic N) is 1. The molecule has 31 heavy (non-hydrogen) atoms. The fraction of sp³-hybridized carbons (Fsp3) is 0.154. The first-order valence-electron chi connectivity index (χ1n) is 10.1. The number of hydrogen-bond donors (Lipinski definition) is 1. The second-order valence-corrected chi connectivity index (χ2v) is 8.30. The molecular formula is C26H23ClN2O2. The lowest BCUT2D eigenvalue weighted by atomic mass is 10.0. The molecule has 0 radical (unpaired) electrons. The van der Waals surface area contributed by atoms with Crippen molar-refractivity contribution < 1.29 is 9.59 Å². The van der Waals surface area contributed by atoms with E-state index in [2.05, 4.69) is 5.32 Å². The highest BCUT2D eigenvalue weighted by Gasteiger charge is 2.39. The van der Waals surface area contributed by atoms with Crippen LogP contribution in [0.5, 0.6) is 0 Å². The average Bonchev–Trinajstić information content (AvgIpc) is 2.97. The maximum Gasteiger partial charge on any atom is 0.278 e. The van der Waals surface area contributed by atoms with Gasteiger partial charge in [-0.05, 0) is 67.3 Å². The van der Waals surface area contributed by atoms with Crippen molar-refractivity contribution in [1.29, 1.82) is 0 Å². The molecule has 3 aromatic carbocycles. The molecule has 0 saturated heterocycles. The van der Waals surface area contributed by atoms with Gasteiger partial charge in [0.25, 0.3) is 11.8 Å². The maximum absolute atomic E-state index is 13.4. The summed E-state index contributed by atoms with van der Waals surface area (Å²) in [6.07, 6.45) is 0. The lowest BCUT2D eigenvalue weighted by molar-refractivity contribution is -0.137. The van der Waals surface area contributed by atoms with Crippen molar-refractivity contribution in [1.82, 2.24) is 4.90 Å². The molecule has 0 atom stereocenters. The number of rotatable bonds is 5. The van der Waals surface area contributed by atoms with Crippen LogP contribution in [-0.4, -0.2) is 16.7 Å². The molecule has 1 N–H and O–H groups in total. The van der Waals surface area contributed by atoms with Crippen molar-refractivity contribution >= 4 is 34.7 Å². The number of halogens is 1. The lowest BCUT2D eigenvalue weighted by Crippen LogP contribution is -2.32. The van der Waals surface area contributed by atoms with E-state index < -0.39 is 0 Å². The third-order valence-electron chi connectivity index (χ3n) is 5.54. The van der Waals surface area contributed by atoms with Gasteiger partial charge in [0.05, 0.1) is 12.1 Å². The van der Waals surface area contributed by atoms with Crippen molar-refractivity contribution in [2.24, 2.45) is 0 Å². The van der Waals surface area contributed by atoms with Gasteiger partial charge in [-0.15, -0.1) is 0 Å². The number of nitrogens with one attached hydrogen (secondary N) is 1. The number of imide groups is 1. The van der Waals surface area contributed by atoms with Gasteiger partial charge in [-0.3, -0.25) is 14.5 Å². The fourth-order valence-corrected chi connectivity index (χ4v) is 3.69. The molecule has 4 rings (SSSR count). The molecule has 1 heterocycles. The molecule has 3 aromatic rings. The van der Waals surface area contributed by atoms with Gasteiger partial charge >= 0.3 is 0 Å². The topological polar surface area (TPSA) is 49.4 Å². The average molecular weight is 431 g/mol. The highest BCUT2D eigenvalue weighted by atomic mass is 35.5. The SMILES string of the molecule is Cc1ccc(CN2C(=O)C(Nc3ccc(C)c(C)c3)=C(c3ccc(Cl)cc3)C2=O)cc1. The summed E-state index contributed by atoms with van der Waals surface area (Å²) in [7, 11) is 0. The van der Waals surface area contributed by atoms with Crippen molar-refractivity contribution in [3.63, 3.8) is 0 Å². The summed E-state index contributed by atoms with van der Waals surface area (Å²) in [5, 5.41) is 3.78. The van der Waals surface area contributed by atoms with Gasteiger partial charge in [-0.25, -0.2) is 0 Å². The van der Waals surface area contributed by atoms with E-state index in [4.69, 9.17) is 11.6 Å². The van der Waals surface area contributed by atoms with Gasteiger partial charge in [0.1, 0.15) is 5.70 Å². The summed E-state index contributed by atoms with van der Waals surface area (Å²) in [4.78, 5) is 28.0. The highest BCUT2D eigenvalue weighted by Crippen LogP contribution is 2.32. The largest absolute Gasteiger partial charge is 0.350 e. The van der Waals surface area contributed by atoms with Gasteiger partial charge in [-0.1, -0.05) is 59.6 Å². The van der Waals surface area contributed by atoms with Crippen LogP contribution in [0.4, 0.5) is 5.69 Å². The molecule has 0 saturated carbocycles. The van der Waals surface area contributed by atoms with Crippen molar-refractivity contribution in [3.05, 3.63) is 105 Å². The van der Waals surface area contributed by atoms with Crippen LogP contribution in [0.1, 0.15) is 27.8 Å². The van der Waals surface area contributed by atoms with Crippen LogP contribution in [0.15, 0.2) is 72.4 Å². The van der Waals surface area contributed by atoms with Gasteiger partial charge in [0, 0.05) is 10.7 Å². The predicted molar refractivity (Wildman–Crippen MR) is 125 cm³/mol. The van der Waals surface area contributed by atoms with E-state index in [1.165, 1.54) is 4.90 Å². The van der Waals surface area contributed by atoms with Crippen LogP contribution in [0.2, 0.25) is 5.02 Å². The molecule has 0 aromatic heterocycles. The smallest absolute Gasteiger partial charge is 0.278 e. The summed E-state index contributed by atoms with van der Waals surface area (Å²) in [6, 6.07) is 20.7. The Morgan fingerprint density at radius 3 is 2.13 bits per heavy atom. The number of benzene rings is 3. The Kier molecular flexibility index (Phi) is 5.66. The minimum absolute atomic E-state index is 0.215. The maximum atomic E-state index is 13.4. The zero-order chi connectivity index (χ0) is 22.1. The third-order valence-corrected chi connectivity index (χ3v) is 5.79. The van der Waals surface area contributed by atoms with Crippen molar-refractivity contribution in [3.8, 4) is 0 Å². The number of anilines is 1. The Bertz CT molecular complexity index is 1200. The van der Waals surface area contributed by atoms with Gasteiger partial charge in [0.15, 0.2) is 0 Å². The molecule has 2 amide bonds. The van der Waals surface area contributed by atoms with E-state index in [1.807, 2.05) is 63.2 Å². The molecule has 0 fully saturated rings. The zero-order valence-electron chi connectivity index (χ0n) is 17.7. The van der Waals surface area contributed by atoms with Crippen LogP contribution >= 0.6 is 11.6 Å². The fourth-order valence-electron chi connectivity index (χ4n) is 3.56. The normalized spacial score (nSPS) is 13.9. The van der Waals surface area contributed by atoms with Crippen LogP contribution in [0.25, 0.3) is 5.57 Å². The van der Waals surface area contributed by atoms with Gasteiger partial charge < -0.3 is 5.32 Å². The molecule has 1 aliphatic heterocycles. The summed E-state index contributed by atoms with van der Waals surface area (Å²) in [6.45, 7) is 6.26. The molecule has 5 heteroatoms. The minimum atomic E-state index is -0.339. The number of amides is 2. The van der Waals surface area contributed by atoms with E-state index in [0.29, 0.717) is 16.2 Å². The molecule has 0 unspecified atom stereocenters. The first-order valence-corrected chi connectivity index (χ1v) is 10.5. The second-order valence-electron chi connectivity index (χ2n) is 7.86. The summed E-state index contributed by atoms with van der Waals surface area (Å²) < 4.78 is 0. The number of carbonyl (C=O) groups excluding carboxylic acids is 2. The quantitative estimate of drug-likeness (QED) is 0.531. The molecule has 0 aliphatic carbocycles. The van der Waals surface area contributed by atoms with Crippen molar-refractivity contribution in [2.45, 2.75) is 27.3 Å². The monoisotopic (exact) mass is 430 g/mol. The summed E-state index contributed by atoms with van der Waals surface area (Å²) >= 11 is 6.04. The van der Waals surface area contributed by atoms with E-state index in [-0.39, 0.29) is 24.1 Å². The molecule has 0 bridgehead atoms. The first-order chi connectivity index (χ1) is 14.8. The Balaban J connectivity index is 1.74. The van der Waals surface area contributed by atoms with Crippen LogP contribution in [-0.2, 0) is 16.1 Å². The Hall–Kier alpha value is -3.37. The number of hydrogen-bond acceptors (Lipinski definition) is 3. The minimum Gasteiger partial charge on any atom is -0.350 e. The van der Waals surface area contributed by atoms with Crippen LogP contribution in [0, 0.1) is 20.8 Å². The zero-order valence-corrected chi connectivity index (χ0v) is 18.5. The van der Waals surface area contributed by atoms with Crippen LogP contribution in [0.3, 0.4) is 0 Å². The highest BCUT2D eigenvalue weighted by molar-refractivity contribution is 6.36. The molecule has 4 nitrogen and oxygen atoms in total. The number of aryl methyl sites for hydroxylation is 3. The molecule has 156 valence electrons. The van der Waals surface area contributed by atoms with E-state index in [1.54, 1.807) is 24.3 Å². The third kappa shape index (κ3) is 4.25. The Labute approximate surface area is 187 Å². The predicted octanol–water partition coefficient (Wildman–Crippen LogP) is 5.66.